The van der Waals surface area contributed by atoms with Crippen molar-refractivity contribution in [2.24, 2.45) is 0 Å². The quantitative estimate of drug-likeness (QED) is 0.516. The number of hydrogen-bond acceptors (Lipinski definition) is 4. The van der Waals surface area contributed by atoms with Gasteiger partial charge in [-0.05, 0) is 42.5 Å². The van der Waals surface area contributed by atoms with Gasteiger partial charge in [-0.1, -0.05) is 48.0 Å². The molecule has 1 aromatic heterocycles. The molecule has 1 amide bonds. The Balaban J connectivity index is 1.73. The van der Waals surface area contributed by atoms with E-state index in [0.29, 0.717) is 16.5 Å². The first-order valence-corrected chi connectivity index (χ1v) is 9.25. The fourth-order valence-electron chi connectivity index (χ4n) is 2.84. The number of nitrogens with one attached hydrogen (secondary N) is 1. The van der Waals surface area contributed by atoms with Crippen LogP contribution in [0.15, 0.2) is 78.9 Å². The Morgan fingerprint density at radius 3 is 2.45 bits per heavy atom. The molecule has 4 rings (SSSR count). The third-order valence-corrected chi connectivity index (χ3v) is 4.48. The van der Waals surface area contributed by atoms with E-state index >= 15 is 0 Å². The summed E-state index contributed by atoms with van der Waals surface area (Å²) in [5.74, 6) is 0.928. The summed E-state index contributed by atoms with van der Waals surface area (Å²) in [6.45, 7) is 0. The van der Waals surface area contributed by atoms with Gasteiger partial charge in [0, 0.05) is 16.3 Å². The van der Waals surface area contributed by atoms with E-state index in [0.717, 1.165) is 17.0 Å². The van der Waals surface area contributed by atoms with E-state index in [2.05, 4.69) is 15.4 Å². The van der Waals surface area contributed by atoms with Gasteiger partial charge in [-0.2, -0.15) is 0 Å². The van der Waals surface area contributed by atoms with Crippen LogP contribution in [0.1, 0.15) is 10.6 Å². The molecule has 0 aliphatic carbocycles. The molecule has 0 aliphatic heterocycles. The molecule has 0 bridgehead atoms. The molecule has 0 saturated carbocycles. The largest absolute Gasteiger partial charge is 0.497 e. The average Bonchev–Trinajstić information content (AvgIpc) is 3.20. The Labute approximate surface area is 172 Å². The van der Waals surface area contributed by atoms with Crippen LogP contribution in [0.5, 0.6) is 5.75 Å². The van der Waals surface area contributed by atoms with Crippen LogP contribution in [-0.2, 0) is 0 Å². The maximum absolute atomic E-state index is 12.7. The van der Waals surface area contributed by atoms with Crippen molar-refractivity contribution in [2.45, 2.75) is 0 Å². The van der Waals surface area contributed by atoms with Crippen LogP contribution in [0, 0.1) is 0 Å². The third kappa shape index (κ3) is 4.12. The molecule has 0 fully saturated rings. The van der Waals surface area contributed by atoms with Gasteiger partial charge in [-0.25, -0.2) is 9.67 Å². The molecular formula is C22H17ClN4O2. The third-order valence-electron chi connectivity index (χ3n) is 4.24. The Morgan fingerprint density at radius 2 is 1.76 bits per heavy atom. The molecule has 0 radical (unpaired) electrons. The van der Waals surface area contributed by atoms with E-state index in [1.165, 1.54) is 0 Å². The van der Waals surface area contributed by atoms with Gasteiger partial charge in [-0.3, -0.25) is 4.79 Å². The summed E-state index contributed by atoms with van der Waals surface area (Å²) in [6, 6.07) is 23.9. The smallest absolute Gasteiger partial charge is 0.295 e. The predicted octanol–water partition coefficient (Wildman–Crippen LogP) is 4.85. The Bertz CT molecular complexity index is 1140. The van der Waals surface area contributed by atoms with Crippen molar-refractivity contribution in [3.63, 3.8) is 0 Å². The average molecular weight is 405 g/mol. The second-order valence-electron chi connectivity index (χ2n) is 6.20. The number of methoxy groups -OCH3 is 1. The normalized spacial score (nSPS) is 10.6. The number of rotatable bonds is 5. The monoisotopic (exact) mass is 404 g/mol. The Morgan fingerprint density at radius 1 is 1.00 bits per heavy atom. The van der Waals surface area contributed by atoms with Crippen LogP contribution in [0.2, 0.25) is 5.02 Å². The minimum absolute atomic E-state index is 0.0552. The molecular weight excluding hydrogens is 388 g/mol. The number of amides is 1. The van der Waals surface area contributed by atoms with Gasteiger partial charge >= 0.3 is 0 Å². The lowest BCUT2D eigenvalue weighted by Gasteiger charge is -2.07. The molecule has 144 valence electrons. The summed E-state index contributed by atoms with van der Waals surface area (Å²) in [6.07, 6.45) is 0. The standard InChI is InChI=1S/C22H17ClN4O2/c1-29-19-12-10-18(11-13-19)27-21(15-6-3-2-4-7-15)25-20(26-27)22(28)24-17-9-5-8-16(23)14-17/h2-14H,1H3,(H,24,28). The molecule has 3 aromatic carbocycles. The van der Waals surface area contributed by atoms with Crippen molar-refractivity contribution in [3.8, 4) is 22.8 Å². The van der Waals surface area contributed by atoms with Crippen molar-refractivity contribution >= 4 is 23.2 Å². The topological polar surface area (TPSA) is 69.0 Å². The number of benzene rings is 3. The van der Waals surface area contributed by atoms with E-state index in [9.17, 15) is 4.79 Å². The van der Waals surface area contributed by atoms with Gasteiger partial charge in [-0.15, -0.1) is 5.10 Å². The van der Waals surface area contributed by atoms with Gasteiger partial charge in [0.05, 0.1) is 12.8 Å². The number of aromatic nitrogens is 3. The van der Waals surface area contributed by atoms with E-state index in [4.69, 9.17) is 16.3 Å². The molecule has 4 aromatic rings. The lowest BCUT2D eigenvalue weighted by atomic mass is 10.2. The van der Waals surface area contributed by atoms with Gasteiger partial charge in [0.1, 0.15) is 5.75 Å². The predicted molar refractivity (Wildman–Crippen MR) is 113 cm³/mol. The van der Waals surface area contributed by atoms with Crippen molar-refractivity contribution in [1.29, 1.82) is 0 Å². The summed E-state index contributed by atoms with van der Waals surface area (Å²) in [7, 11) is 1.61. The van der Waals surface area contributed by atoms with Crippen molar-refractivity contribution < 1.29 is 9.53 Å². The minimum Gasteiger partial charge on any atom is -0.497 e. The summed E-state index contributed by atoms with van der Waals surface area (Å²) >= 11 is 5.99. The molecule has 0 unspecified atom stereocenters. The second kappa shape index (κ2) is 8.16. The zero-order valence-electron chi connectivity index (χ0n) is 15.5. The van der Waals surface area contributed by atoms with Gasteiger partial charge in [0.15, 0.2) is 5.82 Å². The number of carbonyl (C=O) groups excluding carboxylic acids is 1. The molecule has 0 atom stereocenters. The molecule has 7 heteroatoms. The maximum Gasteiger partial charge on any atom is 0.295 e. The minimum atomic E-state index is -0.420. The highest BCUT2D eigenvalue weighted by molar-refractivity contribution is 6.30. The molecule has 1 N–H and O–H groups in total. The number of ether oxygens (including phenoxy) is 1. The molecule has 29 heavy (non-hydrogen) atoms. The van der Waals surface area contributed by atoms with Gasteiger partial charge in [0.2, 0.25) is 5.82 Å². The van der Waals surface area contributed by atoms with Crippen LogP contribution >= 0.6 is 11.6 Å². The van der Waals surface area contributed by atoms with Gasteiger partial charge < -0.3 is 10.1 Å². The lowest BCUT2D eigenvalue weighted by molar-refractivity contribution is 0.101. The first-order chi connectivity index (χ1) is 14.1. The van der Waals surface area contributed by atoms with Crippen molar-refractivity contribution in [3.05, 3.63) is 89.7 Å². The van der Waals surface area contributed by atoms with E-state index in [-0.39, 0.29) is 5.82 Å². The highest BCUT2D eigenvalue weighted by Crippen LogP contribution is 2.23. The maximum atomic E-state index is 12.7. The van der Waals surface area contributed by atoms with Crippen LogP contribution in [0.25, 0.3) is 17.1 Å². The van der Waals surface area contributed by atoms with Crippen molar-refractivity contribution in [2.75, 3.05) is 12.4 Å². The fourth-order valence-corrected chi connectivity index (χ4v) is 3.03. The number of hydrogen-bond donors (Lipinski definition) is 1. The van der Waals surface area contributed by atoms with Crippen molar-refractivity contribution in [1.82, 2.24) is 14.8 Å². The number of nitrogens with zero attached hydrogens (tertiary/aromatic N) is 3. The molecule has 0 aliphatic rings. The fraction of sp³-hybridized carbons (Fsp3) is 0.0455. The Kier molecular flexibility index (Phi) is 5.27. The summed E-state index contributed by atoms with van der Waals surface area (Å²) in [4.78, 5) is 17.2. The zero-order valence-corrected chi connectivity index (χ0v) is 16.3. The molecule has 0 spiro atoms. The highest BCUT2D eigenvalue weighted by atomic mass is 35.5. The van der Waals surface area contributed by atoms with E-state index in [1.807, 2.05) is 54.6 Å². The number of anilines is 1. The van der Waals surface area contributed by atoms with E-state index in [1.54, 1.807) is 36.1 Å². The van der Waals surface area contributed by atoms with E-state index < -0.39 is 5.91 Å². The number of carbonyl (C=O) groups is 1. The first-order valence-electron chi connectivity index (χ1n) is 8.88. The van der Waals surface area contributed by atoms with Crippen LogP contribution in [-0.4, -0.2) is 27.8 Å². The SMILES string of the molecule is COc1ccc(-n2nc(C(=O)Nc3cccc(Cl)c3)nc2-c2ccccc2)cc1. The number of halogens is 1. The summed E-state index contributed by atoms with van der Waals surface area (Å²) in [5, 5.41) is 7.76. The van der Waals surface area contributed by atoms with Crippen LogP contribution in [0.3, 0.4) is 0 Å². The molecule has 6 nitrogen and oxygen atoms in total. The highest BCUT2D eigenvalue weighted by Gasteiger charge is 2.19. The zero-order chi connectivity index (χ0) is 20.2. The molecule has 1 heterocycles. The van der Waals surface area contributed by atoms with Crippen LogP contribution < -0.4 is 10.1 Å². The van der Waals surface area contributed by atoms with Gasteiger partial charge in [0.25, 0.3) is 5.91 Å². The summed E-state index contributed by atoms with van der Waals surface area (Å²) in [5.41, 5.74) is 2.18. The first kappa shape index (κ1) is 18.7. The Hall–Kier alpha value is -3.64. The second-order valence-corrected chi connectivity index (χ2v) is 6.64. The lowest BCUT2D eigenvalue weighted by Crippen LogP contribution is -2.14. The summed E-state index contributed by atoms with van der Waals surface area (Å²) < 4.78 is 6.86. The van der Waals surface area contributed by atoms with Crippen LogP contribution in [0.4, 0.5) is 5.69 Å². The molecule has 0 saturated heterocycles.